The Bertz CT molecular complexity index is 885. The smallest absolute Gasteiger partial charge is 0.338 e. The van der Waals surface area contributed by atoms with E-state index in [-0.39, 0.29) is 23.9 Å². The van der Waals surface area contributed by atoms with E-state index in [0.29, 0.717) is 43.9 Å². The first-order chi connectivity index (χ1) is 14.1. The van der Waals surface area contributed by atoms with Crippen LogP contribution in [-0.4, -0.2) is 48.0 Å². The van der Waals surface area contributed by atoms with Gasteiger partial charge in [-0.05, 0) is 43.2 Å². The molecular formula is C22H27N3O4. The van der Waals surface area contributed by atoms with Crippen molar-refractivity contribution in [2.75, 3.05) is 26.4 Å². The Labute approximate surface area is 170 Å². The molecule has 0 atom stereocenters. The molecule has 1 spiro atoms. The molecule has 2 aliphatic heterocycles. The van der Waals surface area contributed by atoms with Crippen molar-refractivity contribution in [3.8, 4) is 0 Å². The Morgan fingerprint density at radius 3 is 2.76 bits per heavy atom. The summed E-state index contributed by atoms with van der Waals surface area (Å²) in [4.78, 5) is 25.0. The fourth-order valence-electron chi connectivity index (χ4n) is 4.24. The minimum absolute atomic E-state index is 0.00265. The maximum atomic E-state index is 12.8. The normalized spacial score (nSPS) is 18.0. The van der Waals surface area contributed by atoms with Gasteiger partial charge in [0.05, 0.1) is 29.1 Å². The second-order valence-corrected chi connectivity index (χ2v) is 7.82. The molecule has 7 nitrogen and oxygen atoms in total. The minimum Gasteiger partial charge on any atom is -0.460 e. The highest BCUT2D eigenvalue weighted by Gasteiger charge is 2.39. The summed E-state index contributed by atoms with van der Waals surface area (Å²) in [6.07, 6.45) is 3.30. The largest absolute Gasteiger partial charge is 0.460 e. The molecule has 1 fully saturated rings. The van der Waals surface area contributed by atoms with Crippen molar-refractivity contribution in [3.05, 3.63) is 52.8 Å². The van der Waals surface area contributed by atoms with Gasteiger partial charge in [-0.2, -0.15) is 5.10 Å². The van der Waals surface area contributed by atoms with Gasteiger partial charge in [-0.1, -0.05) is 25.1 Å². The first-order valence-corrected chi connectivity index (χ1v) is 10.3. The number of carbonyl (C=O) groups is 2. The fourth-order valence-corrected chi connectivity index (χ4v) is 4.24. The Morgan fingerprint density at radius 2 is 2.03 bits per heavy atom. The number of aryl methyl sites for hydroxylation is 1. The maximum Gasteiger partial charge on any atom is 0.338 e. The summed E-state index contributed by atoms with van der Waals surface area (Å²) in [5, 5.41) is 7.80. The zero-order valence-corrected chi connectivity index (χ0v) is 16.8. The van der Waals surface area contributed by atoms with Gasteiger partial charge < -0.3 is 14.8 Å². The number of amides is 1. The van der Waals surface area contributed by atoms with Crippen LogP contribution in [-0.2, 0) is 28.9 Å². The molecule has 0 saturated carbocycles. The molecule has 2 aliphatic rings. The Balaban J connectivity index is 1.53. The van der Waals surface area contributed by atoms with E-state index in [4.69, 9.17) is 9.47 Å². The van der Waals surface area contributed by atoms with Gasteiger partial charge in [-0.3, -0.25) is 9.48 Å². The van der Waals surface area contributed by atoms with Crippen LogP contribution in [0.3, 0.4) is 0 Å². The fraction of sp³-hybridized carbons (Fsp3) is 0.500. The maximum absolute atomic E-state index is 12.8. The first-order valence-electron chi connectivity index (χ1n) is 10.3. The highest BCUT2D eigenvalue weighted by molar-refractivity contribution is 5.97. The molecule has 154 valence electrons. The van der Waals surface area contributed by atoms with Crippen LogP contribution in [0.2, 0.25) is 0 Å². The zero-order valence-electron chi connectivity index (χ0n) is 16.8. The molecule has 1 amide bonds. The van der Waals surface area contributed by atoms with Crippen molar-refractivity contribution < 1.29 is 19.1 Å². The SMILES string of the molecule is CCc1nn(CCOC(=O)c2ccccc2)c2c1C(=O)NCC1(CCOCC1)C2. The molecule has 1 N–H and O–H groups in total. The lowest BCUT2D eigenvalue weighted by Gasteiger charge is -2.36. The van der Waals surface area contributed by atoms with E-state index in [1.807, 2.05) is 29.8 Å². The summed E-state index contributed by atoms with van der Waals surface area (Å²) in [6.45, 7) is 4.74. The number of carbonyl (C=O) groups excluding carboxylic acids is 2. The van der Waals surface area contributed by atoms with Gasteiger partial charge in [0, 0.05) is 19.8 Å². The van der Waals surface area contributed by atoms with E-state index in [2.05, 4.69) is 10.4 Å². The Morgan fingerprint density at radius 1 is 1.28 bits per heavy atom. The summed E-state index contributed by atoms with van der Waals surface area (Å²) >= 11 is 0. The van der Waals surface area contributed by atoms with Crippen molar-refractivity contribution in [3.63, 3.8) is 0 Å². The van der Waals surface area contributed by atoms with Crippen LogP contribution in [0.1, 0.15) is 51.9 Å². The lowest BCUT2D eigenvalue weighted by molar-refractivity contribution is 0.0150. The van der Waals surface area contributed by atoms with Crippen LogP contribution >= 0.6 is 0 Å². The number of fused-ring (bicyclic) bond motifs is 1. The molecule has 4 rings (SSSR count). The number of ether oxygens (including phenoxy) is 2. The van der Waals surface area contributed by atoms with Crippen molar-refractivity contribution in [2.45, 2.75) is 39.2 Å². The lowest BCUT2D eigenvalue weighted by atomic mass is 9.76. The standard InChI is InChI=1S/C22H27N3O4/c1-2-17-19-18(14-22(15-23-20(19)26)8-11-28-12-9-22)25(24-17)10-13-29-21(27)16-6-4-3-5-7-16/h3-7H,2,8-15H2,1H3,(H,23,26). The molecule has 0 aliphatic carbocycles. The van der Waals surface area contributed by atoms with Crippen LogP contribution in [0.4, 0.5) is 0 Å². The molecule has 0 unspecified atom stereocenters. The summed E-state index contributed by atoms with van der Waals surface area (Å²) in [5.74, 6) is -0.397. The van der Waals surface area contributed by atoms with Gasteiger partial charge in [0.2, 0.25) is 0 Å². The van der Waals surface area contributed by atoms with Gasteiger partial charge in [0.1, 0.15) is 6.61 Å². The molecule has 29 heavy (non-hydrogen) atoms. The van der Waals surface area contributed by atoms with Gasteiger partial charge in [0.15, 0.2) is 0 Å². The molecule has 1 saturated heterocycles. The zero-order chi connectivity index (χ0) is 20.3. The Kier molecular flexibility index (Phi) is 5.67. The second-order valence-electron chi connectivity index (χ2n) is 7.82. The van der Waals surface area contributed by atoms with Gasteiger partial charge >= 0.3 is 5.97 Å². The number of nitrogens with one attached hydrogen (secondary N) is 1. The molecule has 2 aromatic rings. The first kappa shape index (κ1) is 19.6. The van der Waals surface area contributed by atoms with Crippen molar-refractivity contribution in [2.24, 2.45) is 5.41 Å². The van der Waals surface area contributed by atoms with E-state index >= 15 is 0 Å². The predicted octanol–water partition coefficient (Wildman–Crippen LogP) is 2.39. The highest BCUT2D eigenvalue weighted by Crippen LogP contribution is 2.37. The minimum atomic E-state index is -0.349. The topological polar surface area (TPSA) is 82.5 Å². The van der Waals surface area contributed by atoms with Crippen molar-refractivity contribution >= 4 is 11.9 Å². The third-order valence-corrected chi connectivity index (χ3v) is 5.96. The highest BCUT2D eigenvalue weighted by atomic mass is 16.5. The summed E-state index contributed by atoms with van der Waals surface area (Å²) in [6, 6.07) is 8.94. The van der Waals surface area contributed by atoms with Gasteiger partial charge in [0.25, 0.3) is 5.91 Å². The third-order valence-electron chi connectivity index (χ3n) is 5.96. The summed E-state index contributed by atoms with van der Waals surface area (Å²) in [5.41, 5.74) is 2.99. The summed E-state index contributed by atoms with van der Waals surface area (Å²) < 4.78 is 12.9. The van der Waals surface area contributed by atoms with E-state index in [1.165, 1.54) is 0 Å². The van der Waals surface area contributed by atoms with E-state index in [0.717, 1.165) is 30.7 Å². The number of benzene rings is 1. The molecule has 1 aromatic heterocycles. The van der Waals surface area contributed by atoms with Crippen LogP contribution in [0.15, 0.2) is 30.3 Å². The van der Waals surface area contributed by atoms with Crippen molar-refractivity contribution in [1.29, 1.82) is 0 Å². The van der Waals surface area contributed by atoms with Crippen LogP contribution in [0.25, 0.3) is 0 Å². The molecule has 3 heterocycles. The van der Waals surface area contributed by atoms with E-state index in [9.17, 15) is 9.59 Å². The van der Waals surface area contributed by atoms with Crippen LogP contribution in [0, 0.1) is 5.41 Å². The van der Waals surface area contributed by atoms with E-state index < -0.39 is 0 Å². The quantitative estimate of drug-likeness (QED) is 0.784. The summed E-state index contributed by atoms with van der Waals surface area (Å²) in [7, 11) is 0. The number of rotatable bonds is 5. The molecular weight excluding hydrogens is 370 g/mol. The third kappa shape index (κ3) is 4.05. The molecule has 0 radical (unpaired) electrons. The average Bonchev–Trinajstić information content (AvgIpc) is 3.03. The number of hydrogen-bond acceptors (Lipinski definition) is 5. The predicted molar refractivity (Wildman–Crippen MR) is 107 cm³/mol. The lowest BCUT2D eigenvalue weighted by Crippen LogP contribution is -2.40. The second kappa shape index (κ2) is 8.37. The van der Waals surface area contributed by atoms with Gasteiger partial charge in [-0.25, -0.2) is 4.79 Å². The van der Waals surface area contributed by atoms with Gasteiger partial charge in [-0.15, -0.1) is 0 Å². The van der Waals surface area contributed by atoms with Crippen LogP contribution in [0.5, 0.6) is 0 Å². The molecule has 7 heteroatoms. The number of nitrogens with zero attached hydrogens (tertiary/aromatic N) is 2. The number of hydrogen-bond donors (Lipinski definition) is 1. The average molecular weight is 397 g/mol. The number of aromatic nitrogens is 2. The van der Waals surface area contributed by atoms with E-state index in [1.54, 1.807) is 12.1 Å². The van der Waals surface area contributed by atoms with Crippen LogP contribution < -0.4 is 5.32 Å². The number of esters is 1. The molecule has 0 bridgehead atoms. The molecule has 1 aromatic carbocycles. The van der Waals surface area contributed by atoms with Crippen molar-refractivity contribution in [1.82, 2.24) is 15.1 Å². The monoisotopic (exact) mass is 397 g/mol. The Hall–Kier alpha value is -2.67.